The van der Waals surface area contributed by atoms with Gasteiger partial charge in [0.1, 0.15) is 10.0 Å². The first-order chi connectivity index (χ1) is 18.4. The van der Waals surface area contributed by atoms with Crippen molar-refractivity contribution in [2.24, 2.45) is 0 Å². The lowest BCUT2D eigenvalue weighted by molar-refractivity contribution is -0.117. The molecule has 8 nitrogen and oxygen atoms in total. The summed E-state index contributed by atoms with van der Waals surface area (Å²) in [6.07, 6.45) is 9.43. The van der Waals surface area contributed by atoms with Gasteiger partial charge in [0.15, 0.2) is 0 Å². The Kier molecular flexibility index (Phi) is 9.96. The minimum atomic E-state index is -0.359. The van der Waals surface area contributed by atoms with Crippen molar-refractivity contribution in [2.75, 3.05) is 23.8 Å². The summed E-state index contributed by atoms with van der Waals surface area (Å²) in [5.74, 6) is -0.931. The lowest BCUT2D eigenvalue weighted by atomic mass is 10.1. The smallest absolute Gasteiger partial charge is 0.341 e. The van der Waals surface area contributed by atoms with Gasteiger partial charge in [-0.1, -0.05) is 12.8 Å². The van der Waals surface area contributed by atoms with Crippen LogP contribution in [0.4, 0.5) is 10.0 Å². The number of rotatable bonds is 13. The van der Waals surface area contributed by atoms with E-state index in [2.05, 4.69) is 10.6 Å². The van der Waals surface area contributed by atoms with Gasteiger partial charge in [-0.25, -0.2) is 9.59 Å². The molecule has 0 saturated heterocycles. The molecule has 2 aromatic heterocycles. The molecule has 2 N–H and O–H groups in total. The van der Waals surface area contributed by atoms with Gasteiger partial charge in [-0.2, -0.15) is 0 Å². The molecule has 2 aliphatic carbocycles. The lowest BCUT2D eigenvalue weighted by Gasteiger charge is -2.09. The summed E-state index contributed by atoms with van der Waals surface area (Å²) in [6.45, 7) is 4.16. The van der Waals surface area contributed by atoms with Crippen molar-refractivity contribution >= 4 is 56.4 Å². The standard InChI is InChI=1S/C28H36N2O6S2/c1-3-35-27(33)23-17-11-9-13-19(17)37-25(23)29-21(31)15-7-5-6-8-16-22(32)30-26-24(28(34)36-4-2)18-12-10-14-20(18)38-26/h3-16H2,1-2H3,(H,29,31)(H,30,32). The number of fused-ring (bicyclic) bond motifs is 2. The highest BCUT2D eigenvalue weighted by molar-refractivity contribution is 7.17. The van der Waals surface area contributed by atoms with Crippen molar-refractivity contribution in [3.63, 3.8) is 0 Å². The van der Waals surface area contributed by atoms with Crippen LogP contribution in [0.25, 0.3) is 0 Å². The van der Waals surface area contributed by atoms with Crippen LogP contribution in [0.15, 0.2) is 0 Å². The van der Waals surface area contributed by atoms with Crippen molar-refractivity contribution in [3.05, 3.63) is 32.0 Å². The van der Waals surface area contributed by atoms with Gasteiger partial charge >= 0.3 is 11.9 Å². The number of carbonyl (C=O) groups is 4. The summed E-state index contributed by atoms with van der Waals surface area (Å²) in [6, 6.07) is 0. The van der Waals surface area contributed by atoms with Crippen LogP contribution in [0, 0.1) is 0 Å². The normalized spacial score (nSPS) is 13.6. The molecule has 0 unspecified atom stereocenters. The number of hydrogen-bond donors (Lipinski definition) is 2. The van der Waals surface area contributed by atoms with Crippen molar-refractivity contribution in [3.8, 4) is 0 Å². The molecule has 4 rings (SSSR count). The van der Waals surface area contributed by atoms with Crippen LogP contribution in [-0.4, -0.2) is 37.0 Å². The van der Waals surface area contributed by atoms with Gasteiger partial charge in [-0.15, -0.1) is 22.7 Å². The van der Waals surface area contributed by atoms with Gasteiger partial charge in [0.25, 0.3) is 0 Å². The zero-order chi connectivity index (χ0) is 27.1. The number of aryl methyl sites for hydroxylation is 2. The molecule has 0 aromatic carbocycles. The Bertz CT molecular complexity index is 1110. The highest BCUT2D eigenvalue weighted by Crippen LogP contribution is 2.40. The average Bonchev–Trinajstić information content (AvgIpc) is 3.63. The van der Waals surface area contributed by atoms with Crippen LogP contribution in [0.5, 0.6) is 0 Å². The molecule has 0 radical (unpaired) electrons. The number of hydrogen-bond acceptors (Lipinski definition) is 8. The largest absolute Gasteiger partial charge is 0.462 e. The predicted molar refractivity (Wildman–Crippen MR) is 150 cm³/mol. The van der Waals surface area contributed by atoms with Crippen LogP contribution in [0.1, 0.15) is 107 Å². The van der Waals surface area contributed by atoms with Gasteiger partial charge in [0, 0.05) is 22.6 Å². The first-order valence-corrected chi connectivity index (χ1v) is 15.3. The summed E-state index contributed by atoms with van der Waals surface area (Å²) in [4.78, 5) is 52.4. The molecule has 0 spiro atoms. The number of ether oxygens (including phenoxy) is 2. The van der Waals surface area contributed by atoms with Crippen LogP contribution >= 0.6 is 22.7 Å². The molecule has 0 saturated carbocycles. The number of amides is 2. The monoisotopic (exact) mass is 560 g/mol. The highest BCUT2D eigenvalue weighted by atomic mass is 32.1. The SMILES string of the molecule is CCOC(=O)c1c(NC(=O)CCCCCCC(=O)Nc2sc3c(c2C(=O)OCC)CCC3)sc2c1CCC2. The molecule has 0 bridgehead atoms. The van der Waals surface area contributed by atoms with E-state index >= 15 is 0 Å². The zero-order valence-corrected chi connectivity index (χ0v) is 23.8. The van der Waals surface area contributed by atoms with Crippen LogP contribution < -0.4 is 10.6 Å². The molecule has 0 aliphatic heterocycles. The first-order valence-electron chi connectivity index (χ1n) is 13.7. The Balaban J connectivity index is 1.18. The van der Waals surface area contributed by atoms with Gasteiger partial charge in [0.05, 0.1) is 24.3 Å². The second-order valence-electron chi connectivity index (χ2n) is 9.57. The van der Waals surface area contributed by atoms with E-state index in [4.69, 9.17) is 9.47 Å². The third kappa shape index (κ3) is 6.64. The van der Waals surface area contributed by atoms with Gasteiger partial charge < -0.3 is 20.1 Å². The highest BCUT2D eigenvalue weighted by Gasteiger charge is 2.29. The topological polar surface area (TPSA) is 111 Å². The Hall–Kier alpha value is -2.72. The Morgan fingerprint density at radius 2 is 1.08 bits per heavy atom. The van der Waals surface area contributed by atoms with E-state index in [0.717, 1.165) is 62.5 Å². The quantitative estimate of drug-likeness (QED) is 0.228. The van der Waals surface area contributed by atoms with Crippen molar-refractivity contribution in [1.29, 1.82) is 0 Å². The Morgan fingerprint density at radius 3 is 1.47 bits per heavy atom. The number of nitrogens with one attached hydrogen (secondary N) is 2. The molecule has 2 aromatic rings. The third-order valence-corrected chi connectivity index (χ3v) is 9.28. The Morgan fingerprint density at radius 1 is 0.658 bits per heavy atom. The molecule has 0 atom stereocenters. The Labute approximate surface area is 231 Å². The molecule has 2 aliphatic rings. The van der Waals surface area contributed by atoms with Crippen molar-refractivity contribution in [1.82, 2.24) is 0 Å². The van der Waals surface area contributed by atoms with Crippen molar-refractivity contribution < 1.29 is 28.7 Å². The fourth-order valence-corrected chi connectivity index (χ4v) is 7.71. The maximum Gasteiger partial charge on any atom is 0.341 e. The molecular formula is C28H36N2O6S2. The number of esters is 2. The zero-order valence-electron chi connectivity index (χ0n) is 22.2. The third-order valence-electron chi connectivity index (χ3n) is 6.87. The van der Waals surface area contributed by atoms with Gasteiger partial charge in [0.2, 0.25) is 11.8 Å². The van der Waals surface area contributed by atoms with Crippen LogP contribution in [-0.2, 0) is 44.7 Å². The van der Waals surface area contributed by atoms with Crippen LogP contribution in [0.3, 0.4) is 0 Å². The van der Waals surface area contributed by atoms with E-state index in [1.807, 2.05) is 0 Å². The minimum absolute atomic E-state index is 0.106. The average molecular weight is 561 g/mol. The van der Waals surface area contributed by atoms with Crippen molar-refractivity contribution in [2.45, 2.75) is 90.9 Å². The van der Waals surface area contributed by atoms with E-state index in [0.29, 0.717) is 60.0 Å². The summed E-state index contributed by atoms with van der Waals surface area (Å²) >= 11 is 2.98. The molecule has 0 fully saturated rings. The molecule has 2 amide bonds. The second kappa shape index (κ2) is 13.4. The maximum absolute atomic E-state index is 12.6. The first kappa shape index (κ1) is 28.3. The lowest BCUT2D eigenvalue weighted by Crippen LogP contribution is -2.15. The summed E-state index contributed by atoms with van der Waals surface area (Å²) in [5.41, 5.74) is 3.13. The number of carbonyl (C=O) groups excluding carboxylic acids is 4. The molecule has 38 heavy (non-hydrogen) atoms. The summed E-state index contributed by atoms with van der Waals surface area (Å²) in [5, 5.41) is 7.08. The number of anilines is 2. The summed E-state index contributed by atoms with van der Waals surface area (Å²) < 4.78 is 10.4. The van der Waals surface area contributed by atoms with E-state index < -0.39 is 0 Å². The molecular weight excluding hydrogens is 524 g/mol. The number of thiophene rings is 2. The fraction of sp³-hybridized carbons (Fsp3) is 0.571. The fourth-order valence-electron chi connectivity index (χ4n) is 5.13. The summed E-state index contributed by atoms with van der Waals surface area (Å²) in [7, 11) is 0. The van der Waals surface area contributed by atoms with E-state index in [1.54, 1.807) is 13.8 Å². The molecule has 10 heteroatoms. The minimum Gasteiger partial charge on any atom is -0.462 e. The van der Waals surface area contributed by atoms with Gasteiger partial charge in [-0.3, -0.25) is 9.59 Å². The second-order valence-corrected chi connectivity index (χ2v) is 11.8. The van der Waals surface area contributed by atoms with E-state index in [9.17, 15) is 19.2 Å². The van der Waals surface area contributed by atoms with Gasteiger partial charge in [-0.05, 0) is 76.3 Å². The number of unbranched alkanes of at least 4 members (excludes halogenated alkanes) is 3. The van der Waals surface area contributed by atoms with E-state index in [1.165, 1.54) is 32.4 Å². The van der Waals surface area contributed by atoms with Crippen LogP contribution in [0.2, 0.25) is 0 Å². The molecule has 2 heterocycles. The van der Waals surface area contributed by atoms with E-state index in [-0.39, 0.29) is 23.8 Å². The molecule has 206 valence electrons. The predicted octanol–water partition coefficient (Wildman–Crippen LogP) is 6.06. The maximum atomic E-state index is 12.6.